The number of hydrogen-bond donors (Lipinski definition) is 1. The summed E-state index contributed by atoms with van der Waals surface area (Å²) in [6, 6.07) is 0. The fraction of sp³-hybridized carbons (Fsp3) is 0.963. The standard InChI is InChI=1S/C27H43F3O6S/c1-16(4-9-24(32)36-15-23(28)27(29,30)37(33,34)35)20-7-8-21-19-6-5-17-14-18(31)10-12-25(17,2)22(19)11-13-26(20,21)3/h16-23,31H,4-15H2,1-3H3,(H,33,34,35)/p-1/t16-,17-,18-,19+,20-,21+,22+,23?,25+,26-/m1/s1. The first kappa shape index (κ1) is 29.1. The molecule has 37 heavy (non-hydrogen) atoms. The summed E-state index contributed by atoms with van der Waals surface area (Å²) in [6.07, 6.45) is 6.80. The molecule has 0 saturated heterocycles. The zero-order chi connectivity index (χ0) is 27.4. The van der Waals surface area contributed by atoms with Gasteiger partial charge in [0.15, 0.2) is 10.1 Å². The minimum Gasteiger partial charge on any atom is -0.743 e. The molecule has 1 N–H and O–H groups in total. The molecule has 0 amide bonds. The van der Waals surface area contributed by atoms with E-state index in [-0.39, 0.29) is 23.9 Å². The maximum absolute atomic E-state index is 13.6. The maximum atomic E-state index is 13.6. The number of carbonyl (C=O) groups excluding carboxylic acids is 1. The minimum absolute atomic E-state index is 0.0744. The molecule has 10 atom stereocenters. The third-order valence-corrected chi connectivity index (χ3v) is 12.2. The van der Waals surface area contributed by atoms with Gasteiger partial charge in [-0.15, -0.1) is 0 Å². The lowest BCUT2D eigenvalue weighted by Gasteiger charge is -2.61. The monoisotopic (exact) mass is 551 g/mol. The fourth-order valence-electron chi connectivity index (χ4n) is 9.25. The molecule has 0 heterocycles. The Morgan fingerprint density at radius 2 is 1.73 bits per heavy atom. The van der Waals surface area contributed by atoms with Crippen LogP contribution in [0, 0.1) is 46.3 Å². The molecule has 4 fully saturated rings. The van der Waals surface area contributed by atoms with Gasteiger partial charge in [-0.3, -0.25) is 4.79 Å². The van der Waals surface area contributed by atoms with Crippen molar-refractivity contribution < 1.29 is 40.8 Å². The second-order valence-electron chi connectivity index (χ2n) is 13.0. The molecule has 0 radical (unpaired) electrons. The predicted octanol–water partition coefficient (Wildman–Crippen LogP) is 5.44. The predicted molar refractivity (Wildman–Crippen MR) is 130 cm³/mol. The molecule has 0 aromatic rings. The second-order valence-corrected chi connectivity index (χ2v) is 14.4. The number of aliphatic hydroxyl groups excluding tert-OH is 1. The number of esters is 1. The Kier molecular flexibility index (Phi) is 8.08. The molecule has 214 valence electrons. The van der Waals surface area contributed by atoms with Crippen molar-refractivity contribution in [2.24, 2.45) is 46.3 Å². The van der Waals surface area contributed by atoms with Gasteiger partial charge >= 0.3 is 11.2 Å². The lowest BCUT2D eigenvalue weighted by atomic mass is 9.44. The fourth-order valence-corrected chi connectivity index (χ4v) is 9.63. The number of fused-ring (bicyclic) bond motifs is 5. The molecule has 4 aliphatic carbocycles. The van der Waals surface area contributed by atoms with Gasteiger partial charge in [0.25, 0.3) is 0 Å². The van der Waals surface area contributed by atoms with Crippen molar-refractivity contribution in [1.82, 2.24) is 0 Å². The van der Waals surface area contributed by atoms with E-state index in [2.05, 4.69) is 25.5 Å². The Balaban J connectivity index is 1.32. The minimum atomic E-state index is -6.19. The van der Waals surface area contributed by atoms with Crippen LogP contribution in [0.2, 0.25) is 0 Å². The normalized spacial score (nSPS) is 41.7. The lowest BCUT2D eigenvalue weighted by Crippen LogP contribution is -2.54. The van der Waals surface area contributed by atoms with Crippen molar-refractivity contribution in [3.63, 3.8) is 0 Å². The molecule has 0 aliphatic heterocycles. The van der Waals surface area contributed by atoms with Crippen LogP contribution in [0.25, 0.3) is 0 Å². The average molecular weight is 552 g/mol. The van der Waals surface area contributed by atoms with Gasteiger partial charge < -0.3 is 14.4 Å². The highest BCUT2D eigenvalue weighted by Gasteiger charge is 2.60. The number of aliphatic hydroxyl groups is 1. The van der Waals surface area contributed by atoms with Gasteiger partial charge in [-0.1, -0.05) is 20.8 Å². The van der Waals surface area contributed by atoms with Gasteiger partial charge in [0.1, 0.15) is 6.61 Å². The van der Waals surface area contributed by atoms with E-state index in [0.29, 0.717) is 41.4 Å². The third kappa shape index (κ3) is 5.20. The third-order valence-electron chi connectivity index (χ3n) is 11.3. The quantitative estimate of drug-likeness (QED) is 0.318. The van der Waals surface area contributed by atoms with E-state index >= 15 is 0 Å². The summed E-state index contributed by atoms with van der Waals surface area (Å²) in [7, 11) is -6.19. The highest BCUT2D eigenvalue weighted by molar-refractivity contribution is 7.86. The number of hydrogen-bond acceptors (Lipinski definition) is 6. The molecule has 0 bridgehead atoms. The number of alkyl halides is 3. The molecular formula is C27H42F3O6S-. The molecule has 6 nitrogen and oxygen atoms in total. The summed E-state index contributed by atoms with van der Waals surface area (Å²) >= 11 is 0. The van der Waals surface area contributed by atoms with E-state index in [4.69, 9.17) is 0 Å². The first-order valence-corrected chi connectivity index (χ1v) is 15.3. The molecule has 1 unspecified atom stereocenters. The van der Waals surface area contributed by atoms with E-state index in [1.165, 1.54) is 25.7 Å². The van der Waals surface area contributed by atoms with Crippen molar-refractivity contribution in [2.75, 3.05) is 6.61 Å². The first-order chi connectivity index (χ1) is 17.1. The first-order valence-electron chi connectivity index (χ1n) is 13.9. The Labute approximate surface area is 218 Å². The van der Waals surface area contributed by atoms with Crippen LogP contribution in [0.1, 0.15) is 91.4 Å². The van der Waals surface area contributed by atoms with E-state index in [0.717, 1.165) is 32.1 Å². The highest BCUT2D eigenvalue weighted by Crippen LogP contribution is 2.68. The van der Waals surface area contributed by atoms with Crippen molar-refractivity contribution in [3.8, 4) is 0 Å². The Morgan fingerprint density at radius 3 is 2.41 bits per heavy atom. The number of carbonyl (C=O) groups is 1. The summed E-state index contributed by atoms with van der Waals surface area (Å²) in [5.41, 5.74) is 0.490. The van der Waals surface area contributed by atoms with Crippen LogP contribution >= 0.6 is 0 Å². The Bertz CT molecular complexity index is 960. The summed E-state index contributed by atoms with van der Waals surface area (Å²) in [6.45, 7) is 5.51. The Hall–Kier alpha value is -0.870. The van der Waals surface area contributed by atoms with Crippen molar-refractivity contribution in [2.45, 2.75) is 109 Å². The molecule has 0 aromatic carbocycles. The molecular weight excluding hydrogens is 509 g/mol. The topological polar surface area (TPSA) is 104 Å². The zero-order valence-electron chi connectivity index (χ0n) is 22.1. The molecule has 0 spiro atoms. The lowest BCUT2D eigenvalue weighted by molar-refractivity contribution is -0.149. The van der Waals surface area contributed by atoms with Crippen LogP contribution < -0.4 is 0 Å². The van der Waals surface area contributed by atoms with Crippen LogP contribution in [0.15, 0.2) is 0 Å². The second kappa shape index (κ2) is 10.3. The molecule has 4 aliphatic rings. The SMILES string of the molecule is C[C@H](CCC(=O)OCC(F)C(F)(F)S(=O)(=O)[O-])[C@H]1CC[C@H]2[C@@H]3CC[C@@H]4C[C@H](O)CC[C@]4(C)[C@H]3CC[C@]12C. The molecule has 4 saturated carbocycles. The van der Waals surface area contributed by atoms with Gasteiger partial charge in [-0.25, -0.2) is 12.8 Å². The number of halogens is 3. The number of ether oxygens (including phenoxy) is 1. The van der Waals surface area contributed by atoms with Crippen molar-refractivity contribution in [1.29, 1.82) is 0 Å². The molecule has 4 rings (SSSR count). The van der Waals surface area contributed by atoms with Crippen LogP contribution in [-0.2, 0) is 19.6 Å². The van der Waals surface area contributed by atoms with Gasteiger partial charge in [0, 0.05) is 6.42 Å². The van der Waals surface area contributed by atoms with E-state index in [1.54, 1.807) is 0 Å². The summed E-state index contributed by atoms with van der Waals surface area (Å²) in [4.78, 5) is 12.1. The van der Waals surface area contributed by atoms with Crippen LogP contribution in [0.3, 0.4) is 0 Å². The largest absolute Gasteiger partial charge is 0.743 e. The van der Waals surface area contributed by atoms with Crippen LogP contribution in [-0.4, -0.2) is 48.2 Å². The summed E-state index contributed by atoms with van der Waals surface area (Å²) in [5, 5.41) is 5.10. The summed E-state index contributed by atoms with van der Waals surface area (Å²) < 4.78 is 76.3. The van der Waals surface area contributed by atoms with Gasteiger partial charge in [0.2, 0.25) is 6.17 Å². The van der Waals surface area contributed by atoms with Crippen LogP contribution in [0.5, 0.6) is 0 Å². The molecule has 0 aromatic heterocycles. The van der Waals surface area contributed by atoms with Crippen molar-refractivity contribution >= 4 is 16.1 Å². The smallest absolute Gasteiger partial charge is 0.368 e. The zero-order valence-corrected chi connectivity index (χ0v) is 23.0. The summed E-state index contributed by atoms with van der Waals surface area (Å²) in [5.74, 6) is 2.39. The van der Waals surface area contributed by atoms with Gasteiger partial charge in [-0.2, -0.15) is 8.78 Å². The average Bonchev–Trinajstić information content (AvgIpc) is 3.18. The molecule has 10 heteroatoms. The van der Waals surface area contributed by atoms with Gasteiger partial charge in [0.05, 0.1) is 6.10 Å². The number of rotatable bonds is 8. The Morgan fingerprint density at radius 1 is 1.08 bits per heavy atom. The van der Waals surface area contributed by atoms with Gasteiger partial charge in [-0.05, 0) is 111 Å². The van der Waals surface area contributed by atoms with Crippen LogP contribution in [0.4, 0.5) is 13.2 Å². The highest BCUT2D eigenvalue weighted by atomic mass is 32.2. The van der Waals surface area contributed by atoms with E-state index in [9.17, 15) is 36.0 Å². The van der Waals surface area contributed by atoms with E-state index in [1.807, 2.05) is 0 Å². The van der Waals surface area contributed by atoms with E-state index < -0.39 is 34.1 Å². The van der Waals surface area contributed by atoms with Crippen molar-refractivity contribution in [3.05, 3.63) is 0 Å². The maximum Gasteiger partial charge on any atom is 0.368 e.